The van der Waals surface area contributed by atoms with Gasteiger partial charge in [0.2, 0.25) is 10.6 Å². The van der Waals surface area contributed by atoms with Gasteiger partial charge in [-0.2, -0.15) is 0 Å². The van der Waals surface area contributed by atoms with Gasteiger partial charge < -0.3 is 14.4 Å². The van der Waals surface area contributed by atoms with Crippen molar-refractivity contribution in [3.8, 4) is 0 Å². The summed E-state index contributed by atoms with van der Waals surface area (Å²) in [6, 6.07) is 2.99. The number of hydrogen-bond donors (Lipinski definition) is 2. The highest BCUT2D eigenvalue weighted by atomic mass is 32.1. The maximum Gasteiger partial charge on any atom is 0.262 e. The standard InChI is InChI=1S/C20H23FN6O2S/c1-4-26-11-14(19(29)22-20-24-23-12(2)30-20)18(28)13-9-15(21)17(10-16(13)26)27-7-5-25(3)6-8-27/h9-11H,4-8H2,1-3H3,(H,22,24,29)/p+1. The predicted molar refractivity (Wildman–Crippen MR) is 115 cm³/mol. The minimum atomic E-state index is -0.577. The van der Waals surface area contributed by atoms with Crippen LogP contribution in [0, 0.1) is 12.7 Å². The number of hydrogen-bond acceptors (Lipinski definition) is 6. The number of pyridine rings is 1. The van der Waals surface area contributed by atoms with Crippen LogP contribution in [-0.2, 0) is 6.54 Å². The topological polar surface area (TPSA) is 84.6 Å². The first-order valence-corrected chi connectivity index (χ1v) is 10.7. The van der Waals surface area contributed by atoms with Crippen LogP contribution in [0.25, 0.3) is 10.9 Å². The van der Waals surface area contributed by atoms with E-state index in [1.807, 2.05) is 11.8 Å². The number of quaternary nitrogens is 1. The number of aromatic nitrogens is 3. The number of rotatable bonds is 4. The van der Waals surface area contributed by atoms with Gasteiger partial charge in [-0.1, -0.05) is 11.3 Å². The molecule has 10 heteroatoms. The summed E-state index contributed by atoms with van der Waals surface area (Å²) in [4.78, 5) is 29.2. The molecule has 0 aliphatic carbocycles. The van der Waals surface area contributed by atoms with Crippen LogP contribution in [0.5, 0.6) is 0 Å². The average Bonchev–Trinajstić information content (AvgIpc) is 3.13. The molecule has 1 aromatic carbocycles. The number of benzene rings is 1. The molecular weight excluding hydrogens is 407 g/mol. The molecule has 1 fully saturated rings. The largest absolute Gasteiger partial charge is 0.358 e. The Bertz CT molecular complexity index is 1170. The Labute approximate surface area is 176 Å². The molecule has 1 aliphatic heterocycles. The number of amides is 1. The molecule has 158 valence electrons. The Morgan fingerprint density at radius 3 is 2.67 bits per heavy atom. The fraction of sp³-hybridized carbons (Fsp3) is 0.400. The highest BCUT2D eigenvalue weighted by Gasteiger charge is 2.23. The van der Waals surface area contributed by atoms with Gasteiger partial charge in [0.25, 0.3) is 5.91 Å². The monoisotopic (exact) mass is 431 g/mol. The van der Waals surface area contributed by atoms with E-state index in [0.29, 0.717) is 27.9 Å². The molecule has 0 bridgehead atoms. The molecule has 0 spiro atoms. The normalized spacial score (nSPS) is 15.0. The summed E-state index contributed by atoms with van der Waals surface area (Å²) in [6.45, 7) is 7.60. The fourth-order valence-corrected chi connectivity index (χ4v) is 4.29. The molecule has 4 rings (SSSR count). The van der Waals surface area contributed by atoms with Crippen molar-refractivity contribution in [2.45, 2.75) is 20.4 Å². The number of anilines is 2. The maximum atomic E-state index is 15.0. The van der Waals surface area contributed by atoms with Crippen molar-refractivity contribution in [3.63, 3.8) is 0 Å². The van der Waals surface area contributed by atoms with Gasteiger partial charge in [0.05, 0.1) is 44.4 Å². The number of likely N-dealkylation sites (N-methyl/N-ethyl adjacent to an activating group) is 1. The van der Waals surface area contributed by atoms with E-state index in [-0.39, 0.29) is 10.9 Å². The average molecular weight is 432 g/mol. The first-order chi connectivity index (χ1) is 14.4. The third kappa shape index (κ3) is 3.80. The van der Waals surface area contributed by atoms with E-state index in [1.54, 1.807) is 17.6 Å². The number of fused-ring (bicyclic) bond motifs is 1. The molecule has 1 saturated heterocycles. The van der Waals surface area contributed by atoms with Gasteiger partial charge in [-0.05, 0) is 26.0 Å². The van der Waals surface area contributed by atoms with Crippen molar-refractivity contribution in [2.75, 3.05) is 43.4 Å². The third-order valence-corrected chi connectivity index (χ3v) is 6.19. The van der Waals surface area contributed by atoms with E-state index in [9.17, 15) is 14.0 Å². The number of nitrogens with one attached hydrogen (secondary N) is 2. The molecule has 3 heterocycles. The summed E-state index contributed by atoms with van der Waals surface area (Å²) in [5.41, 5.74) is 0.570. The second-order valence-electron chi connectivity index (χ2n) is 7.50. The van der Waals surface area contributed by atoms with Crippen molar-refractivity contribution in [2.24, 2.45) is 0 Å². The molecule has 0 unspecified atom stereocenters. The van der Waals surface area contributed by atoms with Crippen LogP contribution in [0.15, 0.2) is 23.1 Å². The molecule has 1 aliphatic rings. The molecule has 2 N–H and O–H groups in total. The predicted octanol–water partition coefficient (Wildman–Crippen LogP) is 0.907. The van der Waals surface area contributed by atoms with Crippen LogP contribution in [0.2, 0.25) is 0 Å². The summed E-state index contributed by atoms with van der Waals surface area (Å²) in [5.74, 6) is -1.02. The quantitative estimate of drug-likeness (QED) is 0.642. The Hall–Kier alpha value is -2.85. The Balaban J connectivity index is 1.76. The molecule has 2 aromatic heterocycles. The van der Waals surface area contributed by atoms with Gasteiger partial charge in [0.15, 0.2) is 0 Å². The van der Waals surface area contributed by atoms with E-state index in [1.165, 1.54) is 28.5 Å². The van der Waals surface area contributed by atoms with Gasteiger partial charge in [-0.15, -0.1) is 10.2 Å². The van der Waals surface area contributed by atoms with Crippen molar-refractivity contribution in [1.29, 1.82) is 0 Å². The molecule has 1 amide bonds. The van der Waals surface area contributed by atoms with E-state index >= 15 is 0 Å². The molecule has 30 heavy (non-hydrogen) atoms. The number of nitrogens with zero attached hydrogens (tertiary/aromatic N) is 4. The maximum absolute atomic E-state index is 15.0. The van der Waals surface area contributed by atoms with Crippen molar-refractivity contribution in [3.05, 3.63) is 44.9 Å². The summed E-state index contributed by atoms with van der Waals surface area (Å²) < 4.78 is 16.8. The van der Waals surface area contributed by atoms with Crippen molar-refractivity contribution < 1.29 is 14.1 Å². The minimum Gasteiger partial charge on any atom is -0.358 e. The number of carbonyl (C=O) groups excluding carboxylic acids is 1. The van der Waals surface area contributed by atoms with Crippen LogP contribution in [-0.4, -0.2) is 53.9 Å². The first-order valence-electron chi connectivity index (χ1n) is 9.91. The summed E-state index contributed by atoms with van der Waals surface area (Å²) in [7, 11) is 2.12. The van der Waals surface area contributed by atoms with Gasteiger partial charge in [0, 0.05) is 18.1 Å². The summed E-state index contributed by atoms with van der Waals surface area (Å²) >= 11 is 1.22. The van der Waals surface area contributed by atoms with Crippen LogP contribution in [0.4, 0.5) is 15.2 Å². The van der Waals surface area contributed by atoms with E-state index in [4.69, 9.17) is 0 Å². The first kappa shape index (κ1) is 20.4. The number of piperazine rings is 1. The second-order valence-corrected chi connectivity index (χ2v) is 8.68. The van der Waals surface area contributed by atoms with E-state index in [2.05, 4.69) is 22.6 Å². The fourth-order valence-electron chi connectivity index (χ4n) is 3.71. The lowest BCUT2D eigenvalue weighted by molar-refractivity contribution is -0.880. The number of halogens is 1. The lowest BCUT2D eigenvalue weighted by atomic mass is 10.1. The molecule has 0 atom stereocenters. The zero-order valence-corrected chi connectivity index (χ0v) is 18.0. The third-order valence-electron chi connectivity index (χ3n) is 5.44. The Kier molecular flexibility index (Phi) is 5.52. The van der Waals surface area contributed by atoms with Crippen molar-refractivity contribution >= 4 is 39.0 Å². The molecule has 0 radical (unpaired) electrons. The SMILES string of the molecule is CCn1cc(C(=O)Nc2nnc(C)s2)c(=O)c2cc(F)c(N3CC[NH+](C)CC3)cc21. The second kappa shape index (κ2) is 8.11. The molecule has 0 saturated carbocycles. The van der Waals surface area contributed by atoms with Gasteiger partial charge in [-0.25, -0.2) is 4.39 Å². The Morgan fingerprint density at radius 2 is 2.03 bits per heavy atom. The highest BCUT2D eigenvalue weighted by Crippen LogP contribution is 2.25. The molecular formula is C20H24FN6O2S+. The van der Waals surface area contributed by atoms with Gasteiger partial charge in [-0.3, -0.25) is 14.9 Å². The minimum absolute atomic E-state index is 0.0486. The van der Waals surface area contributed by atoms with Crippen molar-refractivity contribution in [1.82, 2.24) is 14.8 Å². The molecule has 3 aromatic rings. The van der Waals surface area contributed by atoms with Crippen LogP contribution >= 0.6 is 11.3 Å². The smallest absolute Gasteiger partial charge is 0.262 e. The van der Waals surface area contributed by atoms with Crippen LogP contribution < -0.4 is 20.5 Å². The number of carbonyl (C=O) groups is 1. The summed E-state index contributed by atoms with van der Waals surface area (Å²) in [5, 5.41) is 11.5. The number of aryl methyl sites for hydroxylation is 2. The van der Waals surface area contributed by atoms with E-state index in [0.717, 1.165) is 26.2 Å². The Morgan fingerprint density at radius 1 is 1.30 bits per heavy atom. The molecule has 8 nitrogen and oxygen atoms in total. The lowest BCUT2D eigenvalue weighted by Crippen LogP contribution is -3.12. The highest BCUT2D eigenvalue weighted by molar-refractivity contribution is 7.15. The van der Waals surface area contributed by atoms with Gasteiger partial charge in [0.1, 0.15) is 16.4 Å². The van der Waals surface area contributed by atoms with Gasteiger partial charge >= 0.3 is 0 Å². The van der Waals surface area contributed by atoms with Crippen LogP contribution in [0.1, 0.15) is 22.3 Å². The summed E-state index contributed by atoms with van der Waals surface area (Å²) in [6.07, 6.45) is 1.53. The zero-order valence-electron chi connectivity index (χ0n) is 17.2. The van der Waals surface area contributed by atoms with Crippen LogP contribution in [0.3, 0.4) is 0 Å². The zero-order chi connectivity index (χ0) is 21.4. The van der Waals surface area contributed by atoms with E-state index < -0.39 is 17.2 Å². The lowest BCUT2D eigenvalue weighted by Gasteiger charge is -2.32.